The lowest BCUT2D eigenvalue weighted by atomic mass is 10.1. The summed E-state index contributed by atoms with van der Waals surface area (Å²) in [6.45, 7) is 10.9. The maximum absolute atomic E-state index is 12.0. The van der Waals surface area contributed by atoms with Gasteiger partial charge in [0, 0.05) is 18.8 Å². The second-order valence-electron chi connectivity index (χ2n) is 6.02. The Morgan fingerprint density at radius 2 is 2.11 bits per heavy atom. The van der Waals surface area contributed by atoms with Gasteiger partial charge in [0.25, 0.3) is 5.91 Å². The third-order valence-electron chi connectivity index (χ3n) is 2.82. The lowest BCUT2D eigenvalue weighted by Gasteiger charge is -2.23. The molecule has 5 nitrogen and oxygen atoms in total. The van der Waals surface area contributed by atoms with Crippen LogP contribution < -0.4 is 5.32 Å². The summed E-state index contributed by atoms with van der Waals surface area (Å²) in [5.41, 5.74) is 1.35. The van der Waals surface area contributed by atoms with Crippen molar-refractivity contribution in [3.63, 3.8) is 0 Å². The first-order chi connectivity index (χ1) is 8.77. The number of amides is 1. The molecule has 0 aliphatic carbocycles. The highest BCUT2D eigenvalue weighted by Crippen LogP contribution is 2.23. The van der Waals surface area contributed by atoms with Crippen molar-refractivity contribution in [3.05, 3.63) is 17.5 Å². The Morgan fingerprint density at radius 3 is 2.53 bits per heavy atom. The lowest BCUT2D eigenvalue weighted by Crippen LogP contribution is -2.28. The monoisotopic (exact) mass is 267 g/mol. The number of carbonyl (C=O) groups excluding carboxylic acids is 1. The number of nitrogens with one attached hydrogen (secondary N) is 1. The number of aliphatic hydroxyl groups is 1. The summed E-state index contributed by atoms with van der Waals surface area (Å²) in [4.78, 5) is 12.0. The van der Waals surface area contributed by atoms with Gasteiger partial charge in [-0.25, -0.2) is 0 Å². The van der Waals surface area contributed by atoms with Crippen molar-refractivity contribution in [2.24, 2.45) is 0 Å². The van der Waals surface area contributed by atoms with E-state index in [0.717, 1.165) is 5.69 Å². The molecule has 2 N–H and O–H groups in total. The van der Waals surface area contributed by atoms with Crippen molar-refractivity contribution >= 4 is 5.91 Å². The predicted molar refractivity (Wildman–Crippen MR) is 75.3 cm³/mol. The average molecular weight is 267 g/mol. The van der Waals surface area contributed by atoms with Crippen molar-refractivity contribution in [1.29, 1.82) is 0 Å². The van der Waals surface area contributed by atoms with Crippen LogP contribution in [0.4, 0.5) is 0 Å². The lowest BCUT2D eigenvalue weighted by molar-refractivity contribution is 0.0944. The Hall–Kier alpha value is -1.36. The molecule has 1 amide bonds. The molecule has 0 radical (unpaired) electrons. The van der Waals surface area contributed by atoms with Crippen molar-refractivity contribution in [3.8, 4) is 0 Å². The van der Waals surface area contributed by atoms with E-state index in [1.807, 2.05) is 10.7 Å². The molecule has 0 saturated heterocycles. The first-order valence-corrected chi connectivity index (χ1v) is 6.77. The zero-order chi connectivity index (χ0) is 14.6. The van der Waals surface area contributed by atoms with Crippen LogP contribution in [-0.4, -0.2) is 33.9 Å². The Kier molecular flexibility index (Phi) is 5.11. The smallest absolute Gasteiger partial charge is 0.271 e. The van der Waals surface area contributed by atoms with Crippen LogP contribution >= 0.6 is 0 Å². The van der Waals surface area contributed by atoms with Crippen LogP contribution in [0.25, 0.3) is 0 Å². The van der Waals surface area contributed by atoms with Crippen molar-refractivity contribution in [2.75, 3.05) is 13.2 Å². The fourth-order valence-corrected chi connectivity index (χ4v) is 1.83. The summed E-state index contributed by atoms with van der Waals surface area (Å²) >= 11 is 0. The molecule has 1 aromatic heterocycles. The summed E-state index contributed by atoms with van der Waals surface area (Å²) in [5.74, 6) is 0.129. The van der Waals surface area contributed by atoms with E-state index in [1.165, 1.54) is 0 Å². The molecule has 0 unspecified atom stereocenters. The Bertz CT molecular complexity index is 430. The summed E-state index contributed by atoms with van der Waals surface area (Å²) in [6.07, 6.45) is 0.558. The van der Waals surface area contributed by atoms with Crippen LogP contribution in [0.3, 0.4) is 0 Å². The van der Waals surface area contributed by atoms with Crippen LogP contribution in [-0.2, 0) is 5.54 Å². The number of carbonyl (C=O) groups is 1. The largest absolute Gasteiger partial charge is 0.396 e. The molecule has 19 heavy (non-hydrogen) atoms. The molecule has 0 bridgehead atoms. The van der Waals surface area contributed by atoms with Gasteiger partial charge in [-0.05, 0) is 39.2 Å². The number of hydrogen-bond donors (Lipinski definition) is 2. The molecule has 1 heterocycles. The first kappa shape index (κ1) is 15.7. The van der Waals surface area contributed by atoms with Crippen LogP contribution in [0.15, 0.2) is 6.07 Å². The molecule has 0 aliphatic heterocycles. The number of nitrogens with zero attached hydrogens (tertiary/aromatic N) is 2. The Morgan fingerprint density at radius 1 is 1.47 bits per heavy atom. The maximum atomic E-state index is 12.0. The minimum Gasteiger partial charge on any atom is -0.396 e. The zero-order valence-electron chi connectivity index (χ0n) is 12.5. The highest BCUT2D eigenvalue weighted by molar-refractivity contribution is 5.92. The van der Waals surface area contributed by atoms with Gasteiger partial charge in [-0.15, -0.1) is 0 Å². The van der Waals surface area contributed by atoms with E-state index in [-0.39, 0.29) is 18.1 Å². The van der Waals surface area contributed by atoms with Gasteiger partial charge in [0.15, 0.2) is 0 Å². The molecule has 1 rings (SSSR count). The summed E-state index contributed by atoms with van der Waals surface area (Å²) in [7, 11) is 0. The second kappa shape index (κ2) is 6.19. The molecule has 0 atom stereocenters. The minimum absolute atomic E-state index is 0.0773. The Labute approximate surface area is 115 Å². The molecule has 108 valence electrons. The molecule has 1 aromatic rings. The zero-order valence-corrected chi connectivity index (χ0v) is 12.5. The van der Waals surface area contributed by atoms with Crippen LogP contribution in [0.5, 0.6) is 0 Å². The van der Waals surface area contributed by atoms with Crippen LogP contribution in [0.2, 0.25) is 0 Å². The molecule has 5 heteroatoms. The number of rotatable bonds is 5. The van der Waals surface area contributed by atoms with Gasteiger partial charge in [-0.1, -0.05) is 13.8 Å². The second-order valence-corrected chi connectivity index (χ2v) is 6.02. The molecule has 0 spiro atoms. The third kappa shape index (κ3) is 4.06. The Balaban J connectivity index is 2.95. The number of aliphatic hydroxyl groups excluding tert-OH is 1. The quantitative estimate of drug-likeness (QED) is 0.800. The summed E-state index contributed by atoms with van der Waals surface area (Å²) < 4.78 is 1.92. The van der Waals surface area contributed by atoms with Gasteiger partial charge in [-0.2, -0.15) is 5.10 Å². The maximum Gasteiger partial charge on any atom is 0.271 e. The van der Waals surface area contributed by atoms with Gasteiger partial charge in [-0.3, -0.25) is 9.48 Å². The van der Waals surface area contributed by atoms with Gasteiger partial charge < -0.3 is 10.4 Å². The SMILES string of the molecule is CC(C)c1cc(C(=O)NCCCO)nn1C(C)(C)C. The molecule has 0 aromatic carbocycles. The summed E-state index contributed by atoms with van der Waals surface area (Å²) in [5, 5.41) is 15.9. The van der Waals surface area contributed by atoms with E-state index in [2.05, 4.69) is 45.0 Å². The van der Waals surface area contributed by atoms with E-state index in [1.54, 1.807) is 0 Å². The third-order valence-corrected chi connectivity index (χ3v) is 2.82. The van der Waals surface area contributed by atoms with Gasteiger partial charge in [0.05, 0.1) is 5.54 Å². The minimum atomic E-state index is -0.182. The van der Waals surface area contributed by atoms with E-state index in [0.29, 0.717) is 24.6 Å². The number of aromatic nitrogens is 2. The normalized spacial score (nSPS) is 11.9. The van der Waals surface area contributed by atoms with Crippen LogP contribution in [0, 0.1) is 0 Å². The van der Waals surface area contributed by atoms with E-state index in [4.69, 9.17) is 5.11 Å². The van der Waals surface area contributed by atoms with Crippen molar-refractivity contribution in [1.82, 2.24) is 15.1 Å². The van der Waals surface area contributed by atoms with Gasteiger partial charge in [0.1, 0.15) is 5.69 Å². The fraction of sp³-hybridized carbons (Fsp3) is 0.714. The van der Waals surface area contributed by atoms with Crippen molar-refractivity contribution < 1.29 is 9.90 Å². The van der Waals surface area contributed by atoms with E-state index >= 15 is 0 Å². The molecular formula is C14H25N3O2. The summed E-state index contributed by atoms with van der Waals surface area (Å²) in [6, 6.07) is 1.85. The predicted octanol–water partition coefficient (Wildman–Crippen LogP) is 1.87. The fourth-order valence-electron chi connectivity index (χ4n) is 1.83. The van der Waals surface area contributed by atoms with E-state index in [9.17, 15) is 4.79 Å². The average Bonchev–Trinajstić information content (AvgIpc) is 2.73. The first-order valence-electron chi connectivity index (χ1n) is 6.77. The molecular weight excluding hydrogens is 242 g/mol. The standard InChI is InChI=1S/C14H25N3O2/c1-10(2)12-9-11(13(19)15-7-6-8-18)16-17(12)14(3,4)5/h9-10,18H,6-8H2,1-5H3,(H,15,19). The van der Waals surface area contributed by atoms with Crippen LogP contribution in [0.1, 0.15) is 63.1 Å². The molecule has 0 fully saturated rings. The highest BCUT2D eigenvalue weighted by Gasteiger charge is 2.23. The van der Waals surface area contributed by atoms with Crippen molar-refractivity contribution in [2.45, 2.75) is 52.5 Å². The highest BCUT2D eigenvalue weighted by atomic mass is 16.3. The number of hydrogen-bond acceptors (Lipinski definition) is 3. The van der Waals surface area contributed by atoms with Gasteiger partial charge >= 0.3 is 0 Å². The topological polar surface area (TPSA) is 67.2 Å². The molecule has 0 saturated carbocycles. The van der Waals surface area contributed by atoms with E-state index < -0.39 is 0 Å². The molecule has 0 aliphatic rings. The van der Waals surface area contributed by atoms with Gasteiger partial charge in [0.2, 0.25) is 0 Å².